The van der Waals surface area contributed by atoms with E-state index < -0.39 is 0 Å². The van der Waals surface area contributed by atoms with E-state index in [0.717, 1.165) is 38.4 Å². The van der Waals surface area contributed by atoms with Gasteiger partial charge in [0.2, 0.25) is 5.13 Å². The van der Waals surface area contributed by atoms with E-state index in [1.807, 2.05) is 81.4 Å². The summed E-state index contributed by atoms with van der Waals surface area (Å²) in [4.78, 5) is 12.9. The number of ether oxygens (including phenoxy) is 1. The molecule has 0 bridgehead atoms. The Kier molecular flexibility index (Phi) is 6.92. The lowest BCUT2D eigenvalue weighted by Crippen LogP contribution is -2.05. The van der Waals surface area contributed by atoms with Crippen molar-refractivity contribution in [2.75, 3.05) is 17.7 Å². The minimum atomic E-state index is 0.0803. The van der Waals surface area contributed by atoms with Gasteiger partial charge in [-0.15, -0.1) is 10.2 Å². The van der Waals surface area contributed by atoms with Crippen molar-refractivity contribution in [3.8, 4) is 11.4 Å². The van der Waals surface area contributed by atoms with Crippen molar-refractivity contribution in [3.63, 3.8) is 0 Å². The van der Waals surface area contributed by atoms with Crippen LogP contribution in [0.5, 0.6) is 5.75 Å². The number of para-hydroxylation sites is 3. The molecule has 164 valence electrons. The van der Waals surface area contributed by atoms with Crippen molar-refractivity contribution >= 4 is 39.7 Å². The van der Waals surface area contributed by atoms with Crippen molar-refractivity contribution in [2.24, 2.45) is 0 Å². The first-order valence-electron chi connectivity index (χ1n) is 10.3. The number of anilines is 2. The predicted octanol–water partition coefficient (Wildman–Crippen LogP) is 6.06. The standard InChI is InChI=1S/C24H24N4O2S2/c1-4-30-22-13-9-8-12-20(22)25-23-26-27-24(32-23)31-15-21(29)19-14-16(2)28(17(19)3)18-10-6-5-7-11-18/h5-14H,4,15H2,1-3H3,(H,25,26). The van der Waals surface area contributed by atoms with Gasteiger partial charge in [0.1, 0.15) is 5.75 Å². The van der Waals surface area contributed by atoms with Crippen molar-refractivity contribution in [3.05, 3.63) is 77.6 Å². The minimum Gasteiger partial charge on any atom is -0.492 e. The van der Waals surface area contributed by atoms with Crippen LogP contribution in [-0.2, 0) is 0 Å². The van der Waals surface area contributed by atoms with Gasteiger partial charge in [0.25, 0.3) is 0 Å². The van der Waals surface area contributed by atoms with Crippen LogP contribution in [-0.4, -0.2) is 32.9 Å². The Labute approximate surface area is 195 Å². The van der Waals surface area contributed by atoms with Crippen LogP contribution in [0.1, 0.15) is 28.7 Å². The zero-order valence-corrected chi connectivity index (χ0v) is 19.8. The van der Waals surface area contributed by atoms with Gasteiger partial charge in [0.15, 0.2) is 10.1 Å². The van der Waals surface area contributed by atoms with Crippen molar-refractivity contribution in [1.82, 2.24) is 14.8 Å². The highest BCUT2D eigenvalue weighted by molar-refractivity contribution is 8.01. The van der Waals surface area contributed by atoms with Gasteiger partial charge >= 0.3 is 0 Å². The van der Waals surface area contributed by atoms with E-state index in [1.54, 1.807) is 0 Å². The van der Waals surface area contributed by atoms with Crippen molar-refractivity contribution in [1.29, 1.82) is 0 Å². The summed E-state index contributed by atoms with van der Waals surface area (Å²) in [6.07, 6.45) is 0. The Morgan fingerprint density at radius 3 is 2.62 bits per heavy atom. The van der Waals surface area contributed by atoms with E-state index in [2.05, 4.69) is 20.1 Å². The van der Waals surface area contributed by atoms with E-state index in [0.29, 0.717) is 17.5 Å². The molecule has 2 aromatic carbocycles. The predicted molar refractivity (Wildman–Crippen MR) is 131 cm³/mol. The Hall–Kier alpha value is -3.10. The number of nitrogens with zero attached hydrogens (tertiary/aromatic N) is 3. The lowest BCUT2D eigenvalue weighted by molar-refractivity contribution is 0.102. The number of hydrogen-bond acceptors (Lipinski definition) is 7. The number of thioether (sulfide) groups is 1. The lowest BCUT2D eigenvalue weighted by atomic mass is 10.2. The summed E-state index contributed by atoms with van der Waals surface area (Å²) < 4.78 is 8.49. The largest absolute Gasteiger partial charge is 0.492 e. The first-order valence-corrected chi connectivity index (χ1v) is 12.1. The molecule has 0 saturated heterocycles. The Morgan fingerprint density at radius 1 is 1.09 bits per heavy atom. The molecule has 32 heavy (non-hydrogen) atoms. The Morgan fingerprint density at radius 2 is 1.84 bits per heavy atom. The molecule has 0 spiro atoms. The van der Waals surface area contributed by atoms with Crippen molar-refractivity contribution < 1.29 is 9.53 Å². The number of nitrogens with one attached hydrogen (secondary N) is 1. The number of carbonyl (C=O) groups is 1. The maximum atomic E-state index is 12.9. The van der Waals surface area contributed by atoms with E-state index in [9.17, 15) is 4.79 Å². The summed E-state index contributed by atoms with van der Waals surface area (Å²) in [6.45, 7) is 6.54. The molecular formula is C24H24N4O2S2. The molecule has 0 atom stereocenters. The fraction of sp³-hybridized carbons (Fsp3) is 0.208. The third-order valence-corrected chi connectivity index (χ3v) is 6.88. The Bertz CT molecular complexity index is 1220. The van der Waals surface area contributed by atoms with Gasteiger partial charge in [-0.1, -0.05) is 53.4 Å². The number of aromatic nitrogens is 3. The van der Waals surface area contributed by atoms with E-state index >= 15 is 0 Å². The van der Waals surface area contributed by atoms with Crippen molar-refractivity contribution in [2.45, 2.75) is 25.1 Å². The Balaban J connectivity index is 1.42. The third-order valence-electron chi connectivity index (χ3n) is 4.91. The average Bonchev–Trinajstić information content (AvgIpc) is 3.37. The van der Waals surface area contributed by atoms with E-state index in [1.165, 1.54) is 23.1 Å². The number of hydrogen-bond donors (Lipinski definition) is 1. The van der Waals surface area contributed by atoms with E-state index in [4.69, 9.17) is 4.74 Å². The minimum absolute atomic E-state index is 0.0803. The van der Waals surface area contributed by atoms with Crippen LogP contribution in [0.3, 0.4) is 0 Å². The highest BCUT2D eigenvalue weighted by atomic mass is 32.2. The number of carbonyl (C=O) groups excluding carboxylic acids is 1. The number of aryl methyl sites for hydroxylation is 1. The normalized spacial score (nSPS) is 10.8. The second-order valence-corrected chi connectivity index (χ2v) is 9.29. The molecule has 0 saturated carbocycles. The summed E-state index contributed by atoms with van der Waals surface area (Å²) in [6, 6.07) is 19.7. The highest BCUT2D eigenvalue weighted by Crippen LogP contribution is 2.32. The molecule has 4 aromatic rings. The van der Waals surface area contributed by atoms with Gasteiger partial charge in [-0.2, -0.15) is 0 Å². The topological polar surface area (TPSA) is 69.0 Å². The lowest BCUT2D eigenvalue weighted by Gasteiger charge is -2.09. The zero-order valence-electron chi connectivity index (χ0n) is 18.2. The first-order chi connectivity index (χ1) is 15.6. The second-order valence-electron chi connectivity index (χ2n) is 7.09. The van der Waals surface area contributed by atoms with Crippen LogP contribution < -0.4 is 10.1 Å². The molecular weight excluding hydrogens is 440 g/mol. The molecule has 0 radical (unpaired) electrons. The summed E-state index contributed by atoms with van der Waals surface area (Å²) in [5, 5.41) is 12.3. The molecule has 2 aromatic heterocycles. The monoisotopic (exact) mass is 464 g/mol. The molecule has 0 aliphatic heterocycles. The number of ketones is 1. The van der Waals surface area contributed by atoms with Gasteiger partial charge in [0, 0.05) is 22.6 Å². The van der Waals surface area contributed by atoms with Gasteiger partial charge in [-0.05, 0) is 51.1 Å². The average molecular weight is 465 g/mol. The molecule has 0 unspecified atom stereocenters. The summed E-state index contributed by atoms with van der Waals surface area (Å²) in [7, 11) is 0. The van der Waals surface area contributed by atoms with Crippen LogP contribution in [0, 0.1) is 13.8 Å². The van der Waals surface area contributed by atoms with Crippen LogP contribution in [0.2, 0.25) is 0 Å². The fourth-order valence-electron chi connectivity index (χ4n) is 3.51. The van der Waals surface area contributed by atoms with Crippen LogP contribution >= 0.6 is 23.1 Å². The van der Waals surface area contributed by atoms with Gasteiger partial charge < -0.3 is 14.6 Å². The van der Waals surface area contributed by atoms with Gasteiger partial charge in [0.05, 0.1) is 18.0 Å². The number of Topliss-reactive ketones (excluding diaryl/α,β-unsaturated/α-hetero) is 1. The maximum absolute atomic E-state index is 12.9. The van der Waals surface area contributed by atoms with E-state index in [-0.39, 0.29) is 5.78 Å². The molecule has 6 nitrogen and oxygen atoms in total. The molecule has 8 heteroatoms. The molecule has 1 N–H and O–H groups in total. The molecule has 0 fully saturated rings. The second kappa shape index (κ2) is 10.0. The van der Waals surface area contributed by atoms with Gasteiger partial charge in [-0.3, -0.25) is 4.79 Å². The highest BCUT2D eigenvalue weighted by Gasteiger charge is 2.18. The third kappa shape index (κ3) is 4.87. The number of rotatable bonds is 9. The number of benzene rings is 2. The van der Waals surface area contributed by atoms with Crippen LogP contribution in [0.15, 0.2) is 65.0 Å². The van der Waals surface area contributed by atoms with Crippen LogP contribution in [0.25, 0.3) is 5.69 Å². The molecule has 0 aliphatic carbocycles. The zero-order chi connectivity index (χ0) is 22.5. The maximum Gasteiger partial charge on any atom is 0.210 e. The molecule has 0 aliphatic rings. The molecule has 2 heterocycles. The molecule has 4 rings (SSSR count). The SMILES string of the molecule is CCOc1ccccc1Nc1nnc(SCC(=O)c2cc(C)n(-c3ccccc3)c2C)s1. The molecule has 0 amide bonds. The van der Waals surface area contributed by atoms with Crippen LogP contribution in [0.4, 0.5) is 10.8 Å². The first kappa shape index (κ1) is 22.1. The summed E-state index contributed by atoms with van der Waals surface area (Å²) in [5.41, 5.74) is 4.63. The quantitative estimate of drug-likeness (QED) is 0.240. The summed E-state index contributed by atoms with van der Waals surface area (Å²) in [5.74, 6) is 1.16. The summed E-state index contributed by atoms with van der Waals surface area (Å²) >= 11 is 2.82. The smallest absolute Gasteiger partial charge is 0.210 e. The fourth-order valence-corrected chi connectivity index (χ4v) is 5.16. The van der Waals surface area contributed by atoms with Gasteiger partial charge in [-0.25, -0.2) is 0 Å².